The monoisotopic (exact) mass is 377 g/mol. The molecule has 26 heavy (non-hydrogen) atoms. The molecular weight excluding hydrogens is 350 g/mol. The zero-order valence-electron chi connectivity index (χ0n) is 16.2. The summed E-state index contributed by atoms with van der Waals surface area (Å²) in [6, 6.07) is 5.93. The van der Waals surface area contributed by atoms with Crippen LogP contribution in [0.4, 0.5) is 5.82 Å². The summed E-state index contributed by atoms with van der Waals surface area (Å²) in [6.07, 6.45) is 2.81. The molecule has 0 atom stereocenters. The van der Waals surface area contributed by atoms with E-state index in [9.17, 15) is 0 Å². The van der Waals surface area contributed by atoms with Gasteiger partial charge in [0.2, 0.25) is 5.88 Å². The van der Waals surface area contributed by atoms with E-state index < -0.39 is 0 Å². The van der Waals surface area contributed by atoms with Crippen molar-refractivity contribution in [2.45, 2.75) is 53.0 Å². The molecule has 0 aliphatic rings. The van der Waals surface area contributed by atoms with Gasteiger partial charge in [0.25, 0.3) is 0 Å². The Hall–Kier alpha value is -2.01. The Bertz CT molecular complexity index is 733. The predicted octanol–water partition coefficient (Wildman–Crippen LogP) is 5.37. The Morgan fingerprint density at radius 1 is 1.12 bits per heavy atom. The van der Waals surface area contributed by atoms with Gasteiger partial charge in [0.1, 0.15) is 11.4 Å². The molecule has 2 rings (SSSR count). The lowest BCUT2D eigenvalue weighted by Crippen LogP contribution is -2.20. The Labute approximate surface area is 161 Å². The van der Waals surface area contributed by atoms with E-state index in [0.29, 0.717) is 29.2 Å². The summed E-state index contributed by atoms with van der Waals surface area (Å²) in [5.74, 6) is 1.97. The minimum absolute atomic E-state index is 0.360. The maximum atomic E-state index is 6.47. The molecule has 142 valence electrons. The van der Waals surface area contributed by atoms with E-state index in [4.69, 9.17) is 26.1 Å². The van der Waals surface area contributed by atoms with E-state index in [2.05, 4.69) is 31.1 Å². The van der Waals surface area contributed by atoms with Gasteiger partial charge in [-0.2, -0.15) is 4.98 Å². The van der Waals surface area contributed by atoms with Gasteiger partial charge in [0.15, 0.2) is 5.82 Å². The molecule has 0 unspecified atom stereocenters. The van der Waals surface area contributed by atoms with E-state index >= 15 is 0 Å². The van der Waals surface area contributed by atoms with E-state index in [-0.39, 0.29) is 0 Å². The molecule has 0 fully saturated rings. The maximum Gasteiger partial charge on any atom is 0.242 e. The molecule has 1 aromatic heterocycles. The first-order chi connectivity index (χ1) is 12.6. The molecule has 6 heteroatoms. The Kier molecular flexibility index (Phi) is 7.51. The number of aromatic nitrogens is 2. The first-order valence-corrected chi connectivity index (χ1v) is 9.59. The molecule has 1 N–H and O–H groups in total. The molecule has 0 bridgehead atoms. The van der Waals surface area contributed by atoms with Crippen molar-refractivity contribution in [3.63, 3.8) is 0 Å². The average molecular weight is 378 g/mol. The van der Waals surface area contributed by atoms with Gasteiger partial charge in [-0.1, -0.05) is 32.4 Å². The first kappa shape index (κ1) is 20.3. The first-order valence-electron chi connectivity index (χ1n) is 9.21. The highest BCUT2D eigenvalue weighted by Gasteiger charge is 2.19. The van der Waals surface area contributed by atoms with E-state index in [1.165, 1.54) is 0 Å². The van der Waals surface area contributed by atoms with Gasteiger partial charge in [-0.05, 0) is 44.4 Å². The summed E-state index contributed by atoms with van der Waals surface area (Å²) in [5, 5.41) is 4.05. The molecule has 0 aliphatic carbocycles. The fourth-order valence-electron chi connectivity index (χ4n) is 2.77. The number of halogens is 1. The molecule has 1 heterocycles. The van der Waals surface area contributed by atoms with Crippen LogP contribution in [0.1, 0.15) is 46.2 Å². The highest BCUT2D eigenvalue weighted by molar-refractivity contribution is 6.33. The highest BCUT2D eigenvalue weighted by Crippen LogP contribution is 2.36. The van der Waals surface area contributed by atoms with Crippen LogP contribution < -0.4 is 14.8 Å². The number of hydrogen-bond donors (Lipinski definition) is 1. The second kappa shape index (κ2) is 9.62. The quantitative estimate of drug-likeness (QED) is 0.636. The van der Waals surface area contributed by atoms with Gasteiger partial charge in [0.05, 0.1) is 24.4 Å². The fourth-order valence-corrected chi connectivity index (χ4v) is 3.03. The summed E-state index contributed by atoms with van der Waals surface area (Å²) in [6.45, 7) is 8.92. The number of rotatable bonds is 9. The van der Waals surface area contributed by atoms with E-state index in [1.807, 2.05) is 19.1 Å². The summed E-state index contributed by atoms with van der Waals surface area (Å²) < 4.78 is 11.0. The van der Waals surface area contributed by atoms with Crippen molar-refractivity contribution in [1.82, 2.24) is 9.97 Å². The Morgan fingerprint density at radius 3 is 2.38 bits per heavy atom. The van der Waals surface area contributed by atoms with Crippen molar-refractivity contribution in [3.05, 3.63) is 28.9 Å². The molecule has 0 spiro atoms. The molecule has 0 amide bonds. The van der Waals surface area contributed by atoms with Crippen LogP contribution in [0.5, 0.6) is 11.6 Å². The lowest BCUT2D eigenvalue weighted by atomic mass is 10.1. The molecule has 5 nitrogen and oxygen atoms in total. The lowest BCUT2D eigenvalue weighted by molar-refractivity contribution is 0.340. The van der Waals surface area contributed by atoms with Crippen molar-refractivity contribution < 1.29 is 9.47 Å². The van der Waals surface area contributed by atoms with Gasteiger partial charge < -0.3 is 14.8 Å². The van der Waals surface area contributed by atoms with Crippen LogP contribution in [0.3, 0.4) is 0 Å². The maximum absolute atomic E-state index is 6.47. The molecule has 1 aromatic carbocycles. The Morgan fingerprint density at radius 2 is 1.85 bits per heavy atom. The average Bonchev–Trinajstić information content (AvgIpc) is 2.66. The van der Waals surface area contributed by atoms with Crippen molar-refractivity contribution in [3.8, 4) is 22.9 Å². The molecule has 0 saturated carbocycles. The summed E-state index contributed by atoms with van der Waals surface area (Å²) in [5.41, 5.74) is 2.33. The predicted molar refractivity (Wildman–Crippen MR) is 108 cm³/mol. The number of hydrogen-bond acceptors (Lipinski definition) is 5. The van der Waals surface area contributed by atoms with Gasteiger partial charge in [0, 0.05) is 11.6 Å². The van der Waals surface area contributed by atoms with Crippen LogP contribution in [-0.4, -0.2) is 29.7 Å². The van der Waals surface area contributed by atoms with Gasteiger partial charge in [-0.15, -0.1) is 0 Å². The largest absolute Gasteiger partial charge is 0.494 e. The SMILES string of the molecule is CCOc1ccc(-c2nc(CC)c(NC(CC)CC)nc2OC)c(Cl)c1. The van der Waals surface area contributed by atoms with Crippen molar-refractivity contribution in [2.24, 2.45) is 0 Å². The van der Waals surface area contributed by atoms with Crippen LogP contribution >= 0.6 is 11.6 Å². The highest BCUT2D eigenvalue weighted by atomic mass is 35.5. The second-order valence-corrected chi connectivity index (χ2v) is 6.37. The molecule has 0 radical (unpaired) electrons. The number of methoxy groups -OCH3 is 1. The minimum Gasteiger partial charge on any atom is -0.494 e. The smallest absolute Gasteiger partial charge is 0.242 e. The van der Waals surface area contributed by atoms with Crippen LogP contribution in [-0.2, 0) is 6.42 Å². The van der Waals surface area contributed by atoms with Crippen LogP contribution in [0.25, 0.3) is 11.3 Å². The zero-order chi connectivity index (χ0) is 19.1. The Balaban J connectivity index is 2.49. The van der Waals surface area contributed by atoms with Crippen LogP contribution in [0.2, 0.25) is 5.02 Å². The second-order valence-electron chi connectivity index (χ2n) is 5.96. The molecular formula is C20H28ClN3O2. The standard InChI is InChI=1S/C20H28ClN3O2/c1-6-13(7-2)22-19-17(8-3)23-18(20(24-19)25-5)15-11-10-14(26-9-4)12-16(15)21/h10-13H,6-9H2,1-5H3,(H,22,24). The van der Waals surface area contributed by atoms with Crippen molar-refractivity contribution in [2.75, 3.05) is 19.0 Å². The number of ether oxygens (including phenoxy) is 2. The molecule has 0 saturated heterocycles. The van der Waals surface area contributed by atoms with Crippen molar-refractivity contribution in [1.29, 1.82) is 0 Å². The minimum atomic E-state index is 0.360. The summed E-state index contributed by atoms with van der Waals surface area (Å²) in [7, 11) is 1.60. The van der Waals surface area contributed by atoms with Gasteiger partial charge >= 0.3 is 0 Å². The van der Waals surface area contributed by atoms with Crippen LogP contribution in [0.15, 0.2) is 18.2 Å². The lowest BCUT2D eigenvalue weighted by Gasteiger charge is -2.19. The summed E-state index contributed by atoms with van der Waals surface area (Å²) >= 11 is 6.47. The molecule has 2 aromatic rings. The number of aryl methyl sites for hydroxylation is 1. The zero-order valence-corrected chi connectivity index (χ0v) is 17.0. The number of nitrogens with zero attached hydrogens (tertiary/aromatic N) is 2. The third-order valence-electron chi connectivity index (χ3n) is 4.30. The van der Waals surface area contributed by atoms with Crippen molar-refractivity contribution >= 4 is 17.4 Å². The van der Waals surface area contributed by atoms with Gasteiger partial charge in [-0.3, -0.25) is 0 Å². The van der Waals surface area contributed by atoms with Gasteiger partial charge in [-0.25, -0.2) is 4.98 Å². The fraction of sp³-hybridized carbons (Fsp3) is 0.500. The van der Waals surface area contributed by atoms with E-state index in [1.54, 1.807) is 13.2 Å². The number of nitrogens with one attached hydrogen (secondary N) is 1. The summed E-state index contributed by atoms with van der Waals surface area (Å²) in [4.78, 5) is 9.50. The molecule has 0 aliphatic heterocycles. The normalized spacial score (nSPS) is 10.9. The number of anilines is 1. The third-order valence-corrected chi connectivity index (χ3v) is 4.61. The van der Waals surface area contributed by atoms with Crippen LogP contribution in [0, 0.1) is 0 Å². The topological polar surface area (TPSA) is 56.3 Å². The third kappa shape index (κ3) is 4.58. The van der Waals surface area contributed by atoms with E-state index in [0.717, 1.165) is 42.1 Å². The number of benzene rings is 1.